The standard InChI is InChI=1S/C11H9ClO3/c12-10-4-2-1-3-8(10)5-6-9(13)7-11(14)15/h1-6H,7H2,(H,14,15). The van der Waals surface area contributed by atoms with E-state index in [9.17, 15) is 9.59 Å². The average Bonchev–Trinajstić information content (AvgIpc) is 2.15. The quantitative estimate of drug-likeness (QED) is 0.631. The van der Waals surface area contributed by atoms with Crippen LogP contribution in [0.25, 0.3) is 6.08 Å². The van der Waals surface area contributed by atoms with Crippen LogP contribution in [0.1, 0.15) is 12.0 Å². The van der Waals surface area contributed by atoms with Crippen molar-refractivity contribution in [3.63, 3.8) is 0 Å². The van der Waals surface area contributed by atoms with Crippen molar-refractivity contribution in [3.8, 4) is 0 Å². The first-order valence-corrected chi connectivity index (χ1v) is 4.64. The third-order valence-electron chi connectivity index (χ3n) is 1.68. The van der Waals surface area contributed by atoms with Crippen LogP contribution in [0.15, 0.2) is 30.3 Å². The van der Waals surface area contributed by atoms with E-state index in [0.717, 1.165) is 0 Å². The third kappa shape index (κ3) is 3.95. The van der Waals surface area contributed by atoms with Crippen LogP contribution in [0.2, 0.25) is 5.02 Å². The zero-order chi connectivity index (χ0) is 11.3. The first-order valence-electron chi connectivity index (χ1n) is 4.27. The Morgan fingerprint density at radius 1 is 1.33 bits per heavy atom. The highest BCUT2D eigenvalue weighted by Crippen LogP contribution is 2.16. The van der Waals surface area contributed by atoms with Crippen LogP contribution in [0, 0.1) is 0 Å². The predicted octanol–water partition coefficient (Wildman–Crippen LogP) is 2.40. The number of hydrogen-bond acceptors (Lipinski definition) is 2. The largest absolute Gasteiger partial charge is 0.481 e. The van der Waals surface area contributed by atoms with Gasteiger partial charge >= 0.3 is 5.97 Å². The van der Waals surface area contributed by atoms with Gasteiger partial charge in [-0.05, 0) is 23.8 Å². The van der Waals surface area contributed by atoms with E-state index in [1.54, 1.807) is 24.3 Å². The Morgan fingerprint density at radius 3 is 2.60 bits per heavy atom. The molecule has 0 spiro atoms. The molecule has 0 aromatic heterocycles. The molecule has 15 heavy (non-hydrogen) atoms. The molecule has 3 nitrogen and oxygen atoms in total. The van der Waals surface area contributed by atoms with E-state index >= 15 is 0 Å². The van der Waals surface area contributed by atoms with Gasteiger partial charge in [0.2, 0.25) is 0 Å². The molecular formula is C11H9ClO3. The summed E-state index contributed by atoms with van der Waals surface area (Å²) < 4.78 is 0. The Labute approximate surface area is 92.0 Å². The van der Waals surface area contributed by atoms with Gasteiger partial charge in [0.1, 0.15) is 6.42 Å². The van der Waals surface area contributed by atoms with Crippen LogP contribution in [0.5, 0.6) is 0 Å². The molecule has 0 amide bonds. The summed E-state index contributed by atoms with van der Waals surface area (Å²) in [6.45, 7) is 0. The van der Waals surface area contributed by atoms with Crippen LogP contribution < -0.4 is 0 Å². The number of halogens is 1. The molecule has 1 rings (SSSR count). The van der Waals surface area contributed by atoms with Crippen LogP contribution in [-0.2, 0) is 9.59 Å². The fourth-order valence-corrected chi connectivity index (χ4v) is 1.20. The second-order valence-corrected chi connectivity index (χ2v) is 3.30. The van der Waals surface area contributed by atoms with Gasteiger partial charge < -0.3 is 5.11 Å². The number of carboxylic acid groups (broad SMARTS) is 1. The normalized spacial score (nSPS) is 10.5. The fraction of sp³-hybridized carbons (Fsp3) is 0.0909. The van der Waals surface area contributed by atoms with E-state index in [-0.39, 0.29) is 0 Å². The van der Waals surface area contributed by atoms with E-state index in [1.807, 2.05) is 0 Å². The Hall–Kier alpha value is -1.61. The summed E-state index contributed by atoms with van der Waals surface area (Å²) in [5, 5.41) is 8.88. The molecule has 0 aliphatic rings. The van der Waals surface area contributed by atoms with Gasteiger partial charge in [-0.2, -0.15) is 0 Å². The van der Waals surface area contributed by atoms with E-state index < -0.39 is 18.2 Å². The van der Waals surface area contributed by atoms with Crippen molar-refractivity contribution in [1.29, 1.82) is 0 Å². The Kier molecular flexibility index (Phi) is 4.06. The maximum Gasteiger partial charge on any atom is 0.311 e. The topological polar surface area (TPSA) is 54.4 Å². The summed E-state index contributed by atoms with van der Waals surface area (Å²) >= 11 is 5.83. The van der Waals surface area contributed by atoms with Crippen LogP contribution in [0.3, 0.4) is 0 Å². The summed E-state index contributed by atoms with van der Waals surface area (Å²) in [6.07, 6.45) is 2.23. The molecule has 4 heteroatoms. The number of benzene rings is 1. The van der Waals surface area contributed by atoms with Crippen molar-refractivity contribution in [2.24, 2.45) is 0 Å². The van der Waals surface area contributed by atoms with Gasteiger partial charge in [-0.15, -0.1) is 0 Å². The molecule has 78 valence electrons. The zero-order valence-electron chi connectivity index (χ0n) is 7.81. The number of ketones is 1. The van der Waals surface area contributed by atoms with Crippen LogP contribution in [-0.4, -0.2) is 16.9 Å². The maximum atomic E-state index is 11.0. The molecule has 0 fully saturated rings. The summed E-state index contributed by atoms with van der Waals surface area (Å²) in [5.74, 6) is -1.59. The zero-order valence-corrected chi connectivity index (χ0v) is 8.57. The molecular weight excluding hydrogens is 216 g/mol. The number of allylic oxidation sites excluding steroid dienone is 1. The van der Waals surface area contributed by atoms with Gasteiger partial charge in [-0.25, -0.2) is 0 Å². The van der Waals surface area contributed by atoms with E-state index in [2.05, 4.69) is 0 Å². The lowest BCUT2D eigenvalue weighted by atomic mass is 10.2. The summed E-state index contributed by atoms with van der Waals surface area (Å²) in [7, 11) is 0. The van der Waals surface area contributed by atoms with Gasteiger partial charge in [-0.3, -0.25) is 9.59 Å². The molecule has 1 aromatic carbocycles. The van der Waals surface area contributed by atoms with E-state index in [1.165, 1.54) is 12.2 Å². The molecule has 0 atom stereocenters. The van der Waals surface area contributed by atoms with Gasteiger partial charge in [-0.1, -0.05) is 29.8 Å². The number of carbonyl (C=O) groups is 2. The highest BCUT2D eigenvalue weighted by atomic mass is 35.5. The summed E-state index contributed by atoms with van der Waals surface area (Å²) in [6, 6.07) is 7.00. The van der Waals surface area contributed by atoms with Gasteiger partial charge in [0.15, 0.2) is 5.78 Å². The van der Waals surface area contributed by atoms with Crippen LogP contribution >= 0.6 is 11.6 Å². The first kappa shape index (κ1) is 11.5. The molecule has 1 N–H and O–H groups in total. The van der Waals surface area contributed by atoms with Crippen molar-refractivity contribution >= 4 is 29.4 Å². The third-order valence-corrected chi connectivity index (χ3v) is 2.02. The van der Waals surface area contributed by atoms with Crippen molar-refractivity contribution in [2.75, 3.05) is 0 Å². The fourth-order valence-electron chi connectivity index (χ4n) is 1.00. The Morgan fingerprint density at radius 2 is 2.00 bits per heavy atom. The minimum Gasteiger partial charge on any atom is -0.481 e. The molecule has 0 unspecified atom stereocenters. The number of carboxylic acids is 1. The highest BCUT2D eigenvalue weighted by Gasteiger charge is 2.03. The molecule has 0 aliphatic heterocycles. The minimum absolute atomic E-state index is 0.456. The second-order valence-electron chi connectivity index (χ2n) is 2.89. The second kappa shape index (κ2) is 5.32. The molecule has 0 saturated heterocycles. The Bertz CT molecular complexity index is 410. The first-order chi connectivity index (χ1) is 7.09. The molecule has 0 aliphatic carbocycles. The molecule has 0 heterocycles. The lowest BCUT2D eigenvalue weighted by Crippen LogP contribution is -2.02. The van der Waals surface area contributed by atoms with Crippen molar-refractivity contribution in [3.05, 3.63) is 40.9 Å². The van der Waals surface area contributed by atoms with Crippen molar-refractivity contribution in [2.45, 2.75) is 6.42 Å². The van der Waals surface area contributed by atoms with Crippen molar-refractivity contribution < 1.29 is 14.7 Å². The predicted molar refractivity (Wildman–Crippen MR) is 57.7 cm³/mol. The monoisotopic (exact) mass is 224 g/mol. The maximum absolute atomic E-state index is 11.0. The lowest BCUT2D eigenvalue weighted by molar-refractivity contribution is -0.139. The van der Waals surface area contributed by atoms with Crippen molar-refractivity contribution in [1.82, 2.24) is 0 Å². The highest BCUT2D eigenvalue weighted by molar-refractivity contribution is 6.32. The average molecular weight is 225 g/mol. The number of hydrogen-bond donors (Lipinski definition) is 1. The lowest BCUT2D eigenvalue weighted by Gasteiger charge is -1.95. The molecule has 0 radical (unpaired) electrons. The van der Waals surface area contributed by atoms with Gasteiger partial charge in [0, 0.05) is 5.02 Å². The Balaban J connectivity index is 2.70. The van der Waals surface area contributed by atoms with Gasteiger partial charge in [0.25, 0.3) is 0 Å². The number of carbonyl (C=O) groups excluding carboxylic acids is 1. The van der Waals surface area contributed by atoms with E-state index in [0.29, 0.717) is 10.6 Å². The molecule has 1 aromatic rings. The summed E-state index contributed by atoms with van der Waals surface area (Å²) in [5.41, 5.74) is 0.693. The minimum atomic E-state index is -1.14. The summed E-state index contributed by atoms with van der Waals surface area (Å²) in [4.78, 5) is 21.2. The number of rotatable bonds is 4. The molecule has 0 saturated carbocycles. The smallest absolute Gasteiger partial charge is 0.311 e. The number of aliphatic carboxylic acids is 1. The van der Waals surface area contributed by atoms with Crippen LogP contribution in [0.4, 0.5) is 0 Å². The molecule has 0 bridgehead atoms. The van der Waals surface area contributed by atoms with Gasteiger partial charge in [0.05, 0.1) is 0 Å². The SMILES string of the molecule is O=C(O)CC(=O)C=Cc1ccccc1Cl. The van der Waals surface area contributed by atoms with E-state index in [4.69, 9.17) is 16.7 Å².